The summed E-state index contributed by atoms with van der Waals surface area (Å²) < 4.78 is 26.3. The van der Waals surface area contributed by atoms with Gasteiger partial charge >= 0.3 is 0 Å². The molecule has 0 bridgehead atoms. The van der Waals surface area contributed by atoms with E-state index >= 15 is 0 Å². The van der Waals surface area contributed by atoms with Gasteiger partial charge in [0.1, 0.15) is 0 Å². The van der Waals surface area contributed by atoms with Crippen LogP contribution in [0.4, 0.5) is 8.78 Å². The standard InChI is InChI=1S/C13H19F2N3/c1-9-7-18-12(8-17-9)11(16-2)5-10-3-4-13(14,15)6-10/h7-8,10-11,16H,3-6H2,1-2H3. The SMILES string of the molecule is CNC(CC1CCC(F)(F)C1)c1cnc(C)cn1. The van der Waals surface area contributed by atoms with Crippen molar-refractivity contribution in [3.05, 3.63) is 23.8 Å². The van der Waals surface area contributed by atoms with Crippen LogP contribution in [0, 0.1) is 12.8 Å². The van der Waals surface area contributed by atoms with Gasteiger partial charge in [-0.1, -0.05) is 0 Å². The second-order valence-corrected chi connectivity index (χ2v) is 5.12. The van der Waals surface area contributed by atoms with Gasteiger partial charge in [-0.3, -0.25) is 9.97 Å². The van der Waals surface area contributed by atoms with Crippen LogP contribution in [-0.2, 0) is 0 Å². The van der Waals surface area contributed by atoms with Crippen molar-refractivity contribution in [2.75, 3.05) is 7.05 Å². The molecule has 18 heavy (non-hydrogen) atoms. The lowest BCUT2D eigenvalue weighted by molar-refractivity contribution is 0.00431. The zero-order chi connectivity index (χ0) is 13.2. The summed E-state index contributed by atoms with van der Waals surface area (Å²) in [6, 6.07) is 0.0111. The van der Waals surface area contributed by atoms with Gasteiger partial charge in [0.25, 0.3) is 0 Å². The molecule has 1 aliphatic rings. The summed E-state index contributed by atoms with van der Waals surface area (Å²) in [7, 11) is 1.83. The first-order chi connectivity index (χ1) is 8.50. The van der Waals surface area contributed by atoms with E-state index in [0.717, 1.165) is 11.4 Å². The first-order valence-electron chi connectivity index (χ1n) is 6.34. The maximum atomic E-state index is 13.2. The van der Waals surface area contributed by atoms with E-state index in [4.69, 9.17) is 0 Å². The maximum Gasteiger partial charge on any atom is 0.248 e. The zero-order valence-electron chi connectivity index (χ0n) is 10.8. The summed E-state index contributed by atoms with van der Waals surface area (Å²) in [5.41, 5.74) is 1.69. The minimum absolute atomic E-state index is 0.00443. The highest BCUT2D eigenvalue weighted by Crippen LogP contribution is 2.42. The summed E-state index contributed by atoms with van der Waals surface area (Å²) in [4.78, 5) is 8.52. The van der Waals surface area contributed by atoms with Gasteiger partial charge in [-0.15, -0.1) is 0 Å². The molecule has 1 aliphatic carbocycles. The topological polar surface area (TPSA) is 37.8 Å². The Balaban J connectivity index is 2.00. The van der Waals surface area contributed by atoms with Gasteiger partial charge < -0.3 is 5.32 Å². The molecule has 1 fully saturated rings. The highest BCUT2D eigenvalue weighted by molar-refractivity contribution is 5.06. The number of rotatable bonds is 4. The number of halogens is 2. The number of alkyl halides is 2. The van der Waals surface area contributed by atoms with E-state index in [1.165, 1.54) is 0 Å². The van der Waals surface area contributed by atoms with Crippen molar-refractivity contribution in [1.82, 2.24) is 15.3 Å². The Labute approximate surface area is 106 Å². The molecule has 1 N–H and O–H groups in total. The van der Waals surface area contributed by atoms with E-state index in [2.05, 4.69) is 15.3 Å². The Kier molecular flexibility index (Phi) is 3.90. The molecule has 0 spiro atoms. The van der Waals surface area contributed by atoms with Crippen LogP contribution in [0.5, 0.6) is 0 Å². The molecule has 1 aromatic heterocycles. The summed E-state index contributed by atoms with van der Waals surface area (Å²) in [6.45, 7) is 1.88. The number of aryl methyl sites for hydroxylation is 1. The van der Waals surface area contributed by atoms with E-state index in [-0.39, 0.29) is 24.8 Å². The van der Waals surface area contributed by atoms with Crippen molar-refractivity contribution in [1.29, 1.82) is 0 Å². The normalized spacial score (nSPS) is 24.1. The molecule has 2 unspecified atom stereocenters. The Hall–Kier alpha value is -1.10. The number of hydrogen-bond donors (Lipinski definition) is 1. The van der Waals surface area contributed by atoms with Crippen LogP contribution < -0.4 is 5.32 Å². The molecule has 0 aliphatic heterocycles. The van der Waals surface area contributed by atoms with Gasteiger partial charge in [-0.25, -0.2) is 8.78 Å². The molecule has 100 valence electrons. The fraction of sp³-hybridized carbons (Fsp3) is 0.692. The third kappa shape index (κ3) is 3.22. The van der Waals surface area contributed by atoms with Crippen molar-refractivity contribution < 1.29 is 8.78 Å². The smallest absolute Gasteiger partial charge is 0.248 e. The predicted molar refractivity (Wildman–Crippen MR) is 65.5 cm³/mol. The minimum atomic E-state index is -2.47. The van der Waals surface area contributed by atoms with Gasteiger partial charge in [-0.05, 0) is 32.7 Å². The lowest BCUT2D eigenvalue weighted by Crippen LogP contribution is -2.21. The van der Waals surface area contributed by atoms with Crippen LogP contribution in [0.1, 0.15) is 43.1 Å². The highest BCUT2D eigenvalue weighted by atomic mass is 19.3. The minimum Gasteiger partial charge on any atom is -0.312 e. The quantitative estimate of drug-likeness (QED) is 0.899. The van der Waals surface area contributed by atoms with Gasteiger partial charge in [-0.2, -0.15) is 0 Å². The lowest BCUT2D eigenvalue weighted by atomic mass is 9.96. The highest BCUT2D eigenvalue weighted by Gasteiger charge is 2.40. The number of aromatic nitrogens is 2. The van der Waals surface area contributed by atoms with Crippen LogP contribution in [0.25, 0.3) is 0 Å². The molecule has 2 rings (SSSR count). The van der Waals surface area contributed by atoms with Crippen LogP contribution in [0.15, 0.2) is 12.4 Å². The average molecular weight is 255 g/mol. The molecule has 1 heterocycles. The van der Waals surface area contributed by atoms with E-state index < -0.39 is 5.92 Å². The predicted octanol–water partition coefficient (Wildman–Crippen LogP) is 2.87. The van der Waals surface area contributed by atoms with Crippen LogP contribution in [-0.4, -0.2) is 22.9 Å². The van der Waals surface area contributed by atoms with Gasteiger partial charge in [0.15, 0.2) is 0 Å². The van der Waals surface area contributed by atoms with E-state index in [9.17, 15) is 8.78 Å². The summed E-state index contributed by atoms with van der Waals surface area (Å²) in [5, 5.41) is 3.14. The fourth-order valence-electron chi connectivity index (χ4n) is 2.55. The Morgan fingerprint density at radius 1 is 1.44 bits per heavy atom. The maximum absolute atomic E-state index is 13.2. The summed E-state index contributed by atoms with van der Waals surface area (Å²) >= 11 is 0. The second kappa shape index (κ2) is 5.26. The van der Waals surface area contributed by atoms with Crippen LogP contribution in [0.3, 0.4) is 0 Å². The number of nitrogens with one attached hydrogen (secondary N) is 1. The molecule has 0 radical (unpaired) electrons. The molecule has 0 aromatic carbocycles. The largest absolute Gasteiger partial charge is 0.312 e. The Bertz CT molecular complexity index is 392. The van der Waals surface area contributed by atoms with Crippen molar-refractivity contribution in [3.8, 4) is 0 Å². The van der Waals surface area contributed by atoms with Crippen molar-refractivity contribution in [2.45, 2.75) is 44.6 Å². The summed E-state index contributed by atoms with van der Waals surface area (Å²) in [5.74, 6) is -2.40. The second-order valence-electron chi connectivity index (χ2n) is 5.12. The first kappa shape index (κ1) is 13.3. The monoisotopic (exact) mass is 255 g/mol. The number of hydrogen-bond acceptors (Lipinski definition) is 3. The van der Waals surface area contributed by atoms with E-state index in [1.807, 2.05) is 14.0 Å². The molecule has 0 saturated heterocycles. The van der Waals surface area contributed by atoms with E-state index in [0.29, 0.717) is 12.8 Å². The molecular weight excluding hydrogens is 236 g/mol. The van der Waals surface area contributed by atoms with Crippen molar-refractivity contribution in [3.63, 3.8) is 0 Å². The average Bonchev–Trinajstić information content (AvgIpc) is 2.67. The van der Waals surface area contributed by atoms with Crippen molar-refractivity contribution in [2.24, 2.45) is 5.92 Å². The Morgan fingerprint density at radius 2 is 2.22 bits per heavy atom. The third-order valence-electron chi connectivity index (χ3n) is 3.58. The van der Waals surface area contributed by atoms with Crippen molar-refractivity contribution >= 4 is 0 Å². The molecule has 1 saturated carbocycles. The van der Waals surface area contributed by atoms with Gasteiger partial charge in [0, 0.05) is 19.0 Å². The first-order valence-corrected chi connectivity index (χ1v) is 6.34. The number of nitrogens with zero attached hydrogens (tertiary/aromatic N) is 2. The molecular formula is C13H19F2N3. The van der Waals surface area contributed by atoms with E-state index in [1.54, 1.807) is 12.4 Å². The molecule has 3 nitrogen and oxygen atoms in total. The molecule has 1 aromatic rings. The van der Waals surface area contributed by atoms with Gasteiger partial charge in [0.2, 0.25) is 5.92 Å². The van der Waals surface area contributed by atoms with Crippen LogP contribution in [0.2, 0.25) is 0 Å². The zero-order valence-corrected chi connectivity index (χ0v) is 10.8. The lowest BCUT2D eigenvalue weighted by Gasteiger charge is -2.19. The molecule has 5 heteroatoms. The summed E-state index contributed by atoms with van der Waals surface area (Å²) in [6.07, 6.45) is 4.76. The molecule has 2 atom stereocenters. The van der Waals surface area contributed by atoms with Crippen LogP contribution >= 0.6 is 0 Å². The Morgan fingerprint density at radius 3 is 2.72 bits per heavy atom. The fourth-order valence-corrected chi connectivity index (χ4v) is 2.55. The van der Waals surface area contributed by atoms with Gasteiger partial charge in [0.05, 0.1) is 23.6 Å². The third-order valence-corrected chi connectivity index (χ3v) is 3.58. The molecule has 0 amide bonds.